The normalized spacial score (nSPS) is 11.5. The molecule has 0 fully saturated rings. The molecule has 0 bridgehead atoms. The summed E-state index contributed by atoms with van der Waals surface area (Å²) in [5, 5.41) is 0.795. The van der Waals surface area contributed by atoms with Gasteiger partial charge in [-0.05, 0) is 12.7 Å². The van der Waals surface area contributed by atoms with Gasteiger partial charge in [-0.25, -0.2) is 9.78 Å². The number of hydrogen-bond acceptors (Lipinski definition) is 4. The molecule has 0 N–H and O–H groups in total. The van der Waals surface area contributed by atoms with Gasteiger partial charge in [0.25, 0.3) is 5.56 Å². The quantitative estimate of drug-likeness (QED) is 0.578. The summed E-state index contributed by atoms with van der Waals surface area (Å²) < 4.78 is 4.57. The highest BCUT2D eigenvalue weighted by atomic mass is 32.2. The molecule has 6 nitrogen and oxygen atoms in total. The van der Waals surface area contributed by atoms with Crippen molar-refractivity contribution in [3.63, 3.8) is 0 Å². The van der Waals surface area contributed by atoms with Gasteiger partial charge in [0.1, 0.15) is 0 Å². The minimum absolute atomic E-state index is 0.264. The Balaban J connectivity index is 2.44. The summed E-state index contributed by atoms with van der Waals surface area (Å²) in [5.41, 5.74) is 0.410. The second kappa shape index (κ2) is 7.17. The summed E-state index contributed by atoms with van der Waals surface area (Å²) in [6.45, 7) is 2.96. The Morgan fingerprint density at radius 3 is 2.36 bits per heavy atom. The molecule has 2 heterocycles. The van der Waals surface area contributed by atoms with Gasteiger partial charge in [-0.2, -0.15) is 0 Å². The molecule has 0 saturated heterocycles. The van der Waals surface area contributed by atoms with E-state index in [0.717, 1.165) is 29.1 Å². The molecule has 0 amide bonds. The molecule has 122 valence electrons. The van der Waals surface area contributed by atoms with E-state index in [2.05, 4.69) is 11.9 Å². The molecule has 0 aliphatic rings. The van der Waals surface area contributed by atoms with Gasteiger partial charge < -0.3 is 4.57 Å². The first-order chi connectivity index (χ1) is 10.5. The third-order valence-electron chi connectivity index (χ3n) is 3.98. The van der Waals surface area contributed by atoms with E-state index in [1.165, 1.54) is 42.6 Å². The third-order valence-corrected chi connectivity index (χ3v) is 4.66. The highest BCUT2D eigenvalue weighted by Crippen LogP contribution is 2.20. The average molecular weight is 324 g/mol. The van der Waals surface area contributed by atoms with Crippen LogP contribution in [0.2, 0.25) is 0 Å². The molecule has 2 aromatic heterocycles. The first-order valence-corrected chi connectivity index (χ1v) is 8.95. The Labute approximate surface area is 134 Å². The zero-order valence-electron chi connectivity index (χ0n) is 13.8. The zero-order valence-corrected chi connectivity index (χ0v) is 14.6. The van der Waals surface area contributed by atoms with E-state index in [9.17, 15) is 9.59 Å². The topological polar surface area (TPSA) is 61.8 Å². The maximum atomic E-state index is 12.5. The number of aromatic nitrogens is 4. The van der Waals surface area contributed by atoms with Gasteiger partial charge in [0.15, 0.2) is 16.3 Å². The number of aryl methyl sites for hydroxylation is 2. The van der Waals surface area contributed by atoms with Gasteiger partial charge in [0.2, 0.25) is 0 Å². The minimum Gasteiger partial charge on any atom is -0.313 e. The monoisotopic (exact) mass is 324 g/mol. The zero-order chi connectivity index (χ0) is 16.3. The summed E-state index contributed by atoms with van der Waals surface area (Å²) in [7, 11) is 3.17. The van der Waals surface area contributed by atoms with Crippen LogP contribution in [0, 0.1) is 0 Å². The third kappa shape index (κ3) is 2.99. The summed E-state index contributed by atoms with van der Waals surface area (Å²) in [4.78, 5) is 29.0. The van der Waals surface area contributed by atoms with Crippen LogP contribution < -0.4 is 11.2 Å². The van der Waals surface area contributed by atoms with Gasteiger partial charge >= 0.3 is 5.69 Å². The van der Waals surface area contributed by atoms with Crippen molar-refractivity contribution in [1.82, 2.24) is 18.7 Å². The van der Waals surface area contributed by atoms with Crippen molar-refractivity contribution in [1.29, 1.82) is 0 Å². The number of rotatable bonds is 7. The summed E-state index contributed by atoms with van der Waals surface area (Å²) in [5.74, 6) is 0. The second-order valence-electron chi connectivity index (χ2n) is 5.54. The van der Waals surface area contributed by atoms with Crippen LogP contribution in [0.15, 0.2) is 14.7 Å². The van der Waals surface area contributed by atoms with Crippen LogP contribution in [-0.4, -0.2) is 24.9 Å². The fraction of sp³-hybridized carbons (Fsp3) is 0.667. The Kier molecular flexibility index (Phi) is 5.50. The fourth-order valence-electron chi connectivity index (χ4n) is 2.66. The maximum absolute atomic E-state index is 12.5. The van der Waals surface area contributed by atoms with Gasteiger partial charge in [-0.15, -0.1) is 0 Å². The van der Waals surface area contributed by atoms with Crippen molar-refractivity contribution >= 4 is 22.9 Å². The number of nitrogens with zero attached hydrogens (tertiary/aromatic N) is 4. The van der Waals surface area contributed by atoms with E-state index in [0.29, 0.717) is 11.2 Å². The van der Waals surface area contributed by atoms with Crippen LogP contribution in [0.3, 0.4) is 0 Å². The number of unbranched alkanes of at least 4 members (excludes halogenated alkanes) is 4. The molecular weight excluding hydrogens is 300 g/mol. The van der Waals surface area contributed by atoms with Crippen molar-refractivity contribution in [2.45, 2.75) is 50.7 Å². The van der Waals surface area contributed by atoms with Crippen molar-refractivity contribution in [2.75, 3.05) is 6.26 Å². The smallest absolute Gasteiger partial charge is 0.313 e. The highest BCUT2D eigenvalue weighted by Gasteiger charge is 2.18. The molecule has 0 aromatic carbocycles. The number of imidazole rings is 1. The molecule has 0 aliphatic heterocycles. The van der Waals surface area contributed by atoms with Gasteiger partial charge in [0, 0.05) is 20.6 Å². The molecule has 0 unspecified atom stereocenters. The number of fused-ring (bicyclic) bond motifs is 1. The van der Waals surface area contributed by atoms with E-state index >= 15 is 0 Å². The summed E-state index contributed by atoms with van der Waals surface area (Å²) in [6, 6.07) is 0. The van der Waals surface area contributed by atoms with Crippen molar-refractivity contribution in [3.05, 3.63) is 20.8 Å². The van der Waals surface area contributed by atoms with Gasteiger partial charge in [-0.1, -0.05) is 44.4 Å². The SMILES string of the molecule is CCCCCCCn1c(SC)nc2c1c(=O)n(C)c(=O)n2C. The number of thioether (sulfide) groups is 1. The molecule has 0 aliphatic carbocycles. The predicted octanol–water partition coefficient (Wildman–Crippen LogP) is 2.13. The lowest BCUT2D eigenvalue weighted by Crippen LogP contribution is -2.37. The molecule has 0 saturated carbocycles. The Morgan fingerprint density at radius 1 is 1.05 bits per heavy atom. The Hall–Kier alpha value is -1.50. The van der Waals surface area contributed by atoms with Crippen LogP contribution >= 0.6 is 11.8 Å². The Morgan fingerprint density at radius 2 is 1.73 bits per heavy atom. The van der Waals surface area contributed by atoms with Crippen molar-refractivity contribution < 1.29 is 0 Å². The minimum atomic E-state index is -0.335. The molecule has 22 heavy (non-hydrogen) atoms. The van der Waals surface area contributed by atoms with Crippen LogP contribution in [0.4, 0.5) is 0 Å². The number of hydrogen-bond donors (Lipinski definition) is 0. The lowest BCUT2D eigenvalue weighted by atomic mass is 10.1. The standard InChI is InChI=1S/C15H24N4O2S/c1-5-6-7-8-9-10-19-11-12(16-14(19)22-4)17(2)15(21)18(3)13(11)20/h5-10H2,1-4H3. The van der Waals surface area contributed by atoms with Gasteiger partial charge in [0.05, 0.1) is 0 Å². The highest BCUT2D eigenvalue weighted by molar-refractivity contribution is 7.98. The predicted molar refractivity (Wildman–Crippen MR) is 90.8 cm³/mol. The van der Waals surface area contributed by atoms with Gasteiger partial charge in [-0.3, -0.25) is 13.9 Å². The fourth-order valence-corrected chi connectivity index (χ4v) is 3.24. The molecule has 2 rings (SSSR count). The molecule has 0 radical (unpaired) electrons. The molecule has 0 spiro atoms. The van der Waals surface area contributed by atoms with E-state index in [4.69, 9.17) is 0 Å². The van der Waals surface area contributed by atoms with Crippen molar-refractivity contribution in [2.24, 2.45) is 14.1 Å². The van der Waals surface area contributed by atoms with E-state index in [-0.39, 0.29) is 11.2 Å². The lowest BCUT2D eigenvalue weighted by molar-refractivity contribution is 0.551. The maximum Gasteiger partial charge on any atom is 0.332 e. The first kappa shape index (κ1) is 16.9. The van der Waals surface area contributed by atoms with E-state index in [1.54, 1.807) is 7.05 Å². The van der Waals surface area contributed by atoms with Crippen molar-refractivity contribution in [3.8, 4) is 0 Å². The second-order valence-corrected chi connectivity index (χ2v) is 6.32. The molecular formula is C15H24N4O2S. The molecule has 0 atom stereocenters. The largest absolute Gasteiger partial charge is 0.332 e. The van der Waals surface area contributed by atoms with Crippen LogP contribution in [-0.2, 0) is 20.6 Å². The summed E-state index contributed by atoms with van der Waals surface area (Å²) in [6.07, 6.45) is 7.78. The summed E-state index contributed by atoms with van der Waals surface area (Å²) >= 11 is 1.51. The average Bonchev–Trinajstić information content (AvgIpc) is 2.89. The van der Waals surface area contributed by atoms with Crippen LogP contribution in [0.25, 0.3) is 11.2 Å². The molecule has 2 aromatic rings. The van der Waals surface area contributed by atoms with E-state index < -0.39 is 0 Å². The lowest BCUT2D eigenvalue weighted by Gasteiger charge is -2.08. The Bertz CT molecular complexity index is 772. The first-order valence-electron chi connectivity index (χ1n) is 7.73. The van der Waals surface area contributed by atoms with Crippen LogP contribution in [0.1, 0.15) is 39.0 Å². The van der Waals surface area contributed by atoms with Crippen LogP contribution in [0.5, 0.6) is 0 Å². The van der Waals surface area contributed by atoms with E-state index in [1.807, 2.05) is 10.8 Å². The molecule has 7 heteroatoms.